The number of hydrogen-bond donors (Lipinski definition) is 1. The second-order valence-corrected chi connectivity index (χ2v) is 3.03. The number of carbonyl (C=O) groups excluding carboxylic acids is 1. The topological polar surface area (TPSA) is 41.6 Å². The zero-order chi connectivity index (χ0) is 9.10. The van der Waals surface area contributed by atoms with E-state index < -0.39 is 0 Å². The molecule has 1 aliphatic heterocycles. The second-order valence-electron chi connectivity index (χ2n) is 3.03. The summed E-state index contributed by atoms with van der Waals surface area (Å²) in [6, 6.07) is 9.82. The molecule has 1 aromatic rings. The molecule has 1 atom stereocenters. The van der Waals surface area contributed by atoms with Crippen molar-refractivity contribution in [1.29, 1.82) is 0 Å². The fourth-order valence-corrected chi connectivity index (χ4v) is 1.10. The minimum absolute atomic E-state index is 0.0103. The molecule has 0 radical (unpaired) electrons. The van der Waals surface area contributed by atoms with Crippen LogP contribution in [-0.4, -0.2) is 18.6 Å². The summed E-state index contributed by atoms with van der Waals surface area (Å²) in [5.74, 6) is -0.0103. The van der Waals surface area contributed by atoms with Gasteiger partial charge >= 0.3 is 0 Å². The Balaban J connectivity index is 1.82. The lowest BCUT2D eigenvalue weighted by Gasteiger charge is -2.02. The smallest absolute Gasteiger partial charge is 0.251 e. The molecule has 1 amide bonds. The Morgan fingerprint density at radius 1 is 1.46 bits per heavy atom. The molecule has 0 aromatic heterocycles. The van der Waals surface area contributed by atoms with Crippen LogP contribution in [-0.2, 0) is 16.1 Å². The highest BCUT2D eigenvalue weighted by Gasteiger charge is 2.30. The molecular formula is C10H11NO2. The van der Waals surface area contributed by atoms with Crippen LogP contribution in [0.2, 0.25) is 0 Å². The normalized spacial score (nSPS) is 19.5. The fraction of sp³-hybridized carbons (Fsp3) is 0.300. The number of benzene rings is 1. The van der Waals surface area contributed by atoms with E-state index in [0.29, 0.717) is 13.2 Å². The van der Waals surface area contributed by atoms with Gasteiger partial charge in [-0.15, -0.1) is 0 Å². The number of epoxide rings is 1. The molecule has 1 heterocycles. The van der Waals surface area contributed by atoms with E-state index >= 15 is 0 Å². The van der Waals surface area contributed by atoms with Crippen molar-refractivity contribution < 1.29 is 9.53 Å². The highest BCUT2D eigenvalue weighted by molar-refractivity contribution is 5.82. The number of carbonyl (C=O) groups is 1. The van der Waals surface area contributed by atoms with Crippen LogP contribution in [0.5, 0.6) is 0 Å². The Morgan fingerprint density at radius 3 is 2.77 bits per heavy atom. The third kappa shape index (κ3) is 2.29. The maximum Gasteiger partial charge on any atom is 0.251 e. The van der Waals surface area contributed by atoms with E-state index in [1.165, 1.54) is 0 Å². The van der Waals surface area contributed by atoms with E-state index in [2.05, 4.69) is 5.32 Å². The minimum atomic E-state index is -0.191. The highest BCUT2D eigenvalue weighted by Crippen LogP contribution is 2.08. The molecule has 68 valence electrons. The summed E-state index contributed by atoms with van der Waals surface area (Å²) in [4.78, 5) is 11.1. The molecule has 1 fully saturated rings. The number of rotatable bonds is 3. The van der Waals surface area contributed by atoms with E-state index in [9.17, 15) is 4.79 Å². The lowest BCUT2D eigenvalue weighted by atomic mass is 10.2. The molecular weight excluding hydrogens is 166 g/mol. The maximum absolute atomic E-state index is 11.1. The first-order chi connectivity index (χ1) is 6.36. The summed E-state index contributed by atoms with van der Waals surface area (Å²) >= 11 is 0. The summed E-state index contributed by atoms with van der Waals surface area (Å²) in [7, 11) is 0. The van der Waals surface area contributed by atoms with Gasteiger partial charge in [0.2, 0.25) is 0 Å². The van der Waals surface area contributed by atoms with Crippen molar-refractivity contribution in [2.24, 2.45) is 0 Å². The molecule has 1 unspecified atom stereocenters. The average Bonchev–Trinajstić information content (AvgIpc) is 2.99. The Hall–Kier alpha value is -1.35. The molecule has 1 saturated heterocycles. The van der Waals surface area contributed by atoms with Crippen molar-refractivity contribution in [3.8, 4) is 0 Å². The summed E-state index contributed by atoms with van der Waals surface area (Å²) in [5.41, 5.74) is 1.11. The van der Waals surface area contributed by atoms with Gasteiger partial charge in [0.25, 0.3) is 5.91 Å². The molecule has 3 nitrogen and oxygen atoms in total. The predicted molar refractivity (Wildman–Crippen MR) is 48.0 cm³/mol. The van der Waals surface area contributed by atoms with E-state index in [1.807, 2.05) is 30.3 Å². The highest BCUT2D eigenvalue weighted by atomic mass is 16.6. The second kappa shape index (κ2) is 3.58. The van der Waals surface area contributed by atoms with Crippen LogP contribution < -0.4 is 5.32 Å². The fourth-order valence-electron chi connectivity index (χ4n) is 1.10. The first-order valence-corrected chi connectivity index (χ1v) is 4.29. The van der Waals surface area contributed by atoms with Crippen molar-refractivity contribution in [2.45, 2.75) is 12.6 Å². The zero-order valence-corrected chi connectivity index (χ0v) is 7.19. The van der Waals surface area contributed by atoms with Crippen molar-refractivity contribution >= 4 is 5.91 Å². The van der Waals surface area contributed by atoms with Crippen LogP contribution in [0.1, 0.15) is 5.56 Å². The van der Waals surface area contributed by atoms with Gasteiger partial charge in [-0.25, -0.2) is 0 Å². The lowest BCUT2D eigenvalue weighted by molar-refractivity contribution is -0.122. The van der Waals surface area contributed by atoms with E-state index in [0.717, 1.165) is 5.56 Å². The van der Waals surface area contributed by atoms with Crippen LogP contribution in [0.15, 0.2) is 30.3 Å². The Kier molecular flexibility index (Phi) is 2.27. The van der Waals surface area contributed by atoms with Gasteiger partial charge in [0.1, 0.15) is 0 Å². The summed E-state index contributed by atoms with van der Waals surface area (Å²) < 4.78 is 4.85. The largest absolute Gasteiger partial charge is 0.363 e. The number of hydrogen-bond acceptors (Lipinski definition) is 2. The lowest BCUT2D eigenvalue weighted by Crippen LogP contribution is -2.27. The molecule has 2 rings (SSSR count). The van der Waals surface area contributed by atoms with Crippen LogP contribution in [0.3, 0.4) is 0 Å². The molecule has 1 aromatic carbocycles. The van der Waals surface area contributed by atoms with Crippen molar-refractivity contribution in [3.05, 3.63) is 35.9 Å². The molecule has 1 aliphatic rings. The van der Waals surface area contributed by atoms with Gasteiger partial charge in [-0.3, -0.25) is 4.79 Å². The predicted octanol–water partition coefficient (Wildman–Crippen LogP) is 0.702. The first kappa shape index (κ1) is 8.26. The summed E-state index contributed by atoms with van der Waals surface area (Å²) in [6.45, 7) is 1.15. The van der Waals surface area contributed by atoms with E-state index in [-0.39, 0.29) is 12.0 Å². The standard InChI is InChI=1S/C10H11NO2/c12-10(9-7-13-9)11-6-8-4-2-1-3-5-8/h1-5,9H,6-7H2,(H,11,12). The van der Waals surface area contributed by atoms with Crippen LogP contribution in [0.4, 0.5) is 0 Å². The maximum atomic E-state index is 11.1. The van der Waals surface area contributed by atoms with E-state index in [1.54, 1.807) is 0 Å². The van der Waals surface area contributed by atoms with Crippen LogP contribution in [0.25, 0.3) is 0 Å². The van der Waals surface area contributed by atoms with Gasteiger partial charge in [0, 0.05) is 6.54 Å². The SMILES string of the molecule is O=C(NCc1ccccc1)C1CO1. The Labute approximate surface area is 76.7 Å². The third-order valence-corrected chi connectivity index (χ3v) is 1.94. The molecule has 0 spiro atoms. The molecule has 0 saturated carbocycles. The first-order valence-electron chi connectivity index (χ1n) is 4.29. The van der Waals surface area contributed by atoms with Gasteiger partial charge in [-0.2, -0.15) is 0 Å². The number of nitrogens with one attached hydrogen (secondary N) is 1. The van der Waals surface area contributed by atoms with Gasteiger partial charge in [-0.05, 0) is 5.56 Å². The molecule has 13 heavy (non-hydrogen) atoms. The molecule has 3 heteroatoms. The summed E-state index contributed by atoms with van der Waals surface area (Å²) in [5, 5.41) is 2.80. The summed E-state index contributed by atoms with van der Waals surface area (Å²) in [6.07, 6.45) is -0.191. The average molecular weight is 177 g/mol. The van der Waals surface area contributed by atoms with Crippen LogP contribution >= 0.6 is 0 Å². The Bertz CT molecular complexity index is 293. The van der Waals surface area contributed by atoms with Gasteiger partial charge in [-0.1, -0.05) is 30.3 Å². The van der Waals surface area contributed by atoms with Gasteiger partial charge in [0.15, 0.2) is 6.10 Å². The molecule has 1 N–H and O–H groups in total. The van der Waals surface area contributed by atoms with Crippen molar-refractivity contribution in [2.75, 3.05) is 6.61 Å². The van der Waals surface area contributed by atoms with Crippen molar-refractivity contribution in [1.82, 2.24) is 5.32 Å². The van der Waals surface area contributed by atoms with Crippen molar-refractivity contribution in [3.63, 3.8) is 0 Å². The quantitative estimate of drug-likeness (QED) is 0.690. The van der Waals surface area contributed by atoms with Gasteiger partial charge < -0.3 is 10.1 Å². The monoisotopic (exact) mass is 177 g/mol. The van der Waals surface area contributed by atoms with Crippen LogP contribution in [0, 0.1) is 0 Å². The zero-order valence-electron chi connectivity index (χ0n) is 7.19. The Morgan fingerprint density at radius 2 is 2.15 bits per heavy atom. The van der Waals surface area contributed by atoms with E-state index in [4.69, 9.17) is 4.74 Å². The molecule has 0 bridgehead atoms. The third-order valence-electron chi connectivity index (χ3n) is 1.94. The minimum Gasteiger partial charge on any atom is -0.363 e. The molecule has 0 aliphatic carbocycles. The van der Waals surface area contributed by atoms with Gasteiger partial charge in [0.05, 0.1) is 6.61 Å². The number of ether oxygens (including phenoxy) is 1. The number of amides is 1.